The lowest BCUT2D eigenvalue weighted by molar-refractivity contribution is 0.592. The maximum atomic E-state index is 15.1. The second-order valence-corrected chi connectivity index (χ2v) is 16.0. The first kappa shape index (κ1) is 30.3. The minimum absolute atomic E-state index is 0.501. The highest BCUT2D eigenvalue weighted by Gasteiger charge is 2.44. The van der Waals surface area contributed by atoms with E-state index in [0.29, 0.717) is 0 Å². The molecule has 0 aromatic heterocycles. The highest BCUT2D eigenvalue weighted by Crippen LogP contribution is 2.57. The Labute approximate surface area is 293 Å². The van der Waals surface area contributed by atoms with Crippen LogP contribution in [0.4, 0.5) is 0 Å². The lowest BCUT2D eigenvalue weighted by atomic mass is 9.59. The van der Waals surface area contributed by atoms with Crippen molar-refractivity contribution in [2.45, 2.75) is 12.3 Å². The third-order valence-electron chi connectivity index (χ3n) is 10.6. The quantitative estimate of drug-likeness (QED) is 0.163. The van der Waals surface area contributed by atoms with Crippen LogP contribution in [0.15, 0.2) is 194 Å². The SMILES string of the molecule is Cc1cc(-c2ccc(P(=O)(c3ccccc3)c3ccccc3)cc2)c2cccc3c2c1-c1ccccc1C3(c1ccccc1)c1ccccc1. The molecule has 0 aliphatic heterocycles. The first-order valence-electron chi connectivity index (χ1n) is 17.2. The summed E-state index contributed by atoms with van der Waals surface area (Å²) in [5.41, 5.74) is 10.7. The Hall–Kier alpha value is -5.75. The van der Waals surface area contributed by atoms with Crippen molar-refractivity contribution >= 4 is 33.8 Å². The Morgan fingerprint density at radius 1 is 0.440 bits per heavy atom. The van der Waals surface area contributed by atoms with Crippen LogP contribution < -0.4 is 15.9 Å². The smallest absolute Gasteiger partial charge is 0.171 e. The van der Waals surface area contributed by atoms with Gasteiger partial charge in [-0.15, -0.1) is 0 Å². The van der Waals surface area contributed by atoms with E-state index in [4.69, 9.17) is 0 Å². The zero-order chi connectivity index (χ0) is 33.7. The van der Waals surface area contributed by atoms with Crippen molar-refractivity contribution in [3.8, 4) is 22.3 Å². The number of rotatable bonds is 6. The van der Waals surface area contributed by atoms with Gasteiger partial charge < -0.3 is 4.57 Å². The maximum absolute atomic E-state index is 15.1. The van der Waals surface area contributed by atoms with E-state index in [1.165, 1.54) is 55.3 Å². The summed E-state index contributed by atoms with van der Waals surface area (Å²) in [6.07, 6.45) is 0. The Morgan fingerprint density at radius 3 is 1.50 bits per heavy atom. The molecule has 238 valence electrons. The summed E-state index contributed by atoms with van der Waals surface area (Å²) in [6, 6.07) is 68.4. The first-order chi connectivity index (χ1) is 24.6. The van der Waals surface area contributed by atoms with Gasteiger partial charge in [-0.25, -0.2) is 0 Å². The number of fused-ring (bicyclic) bond motifs is 2. The zero-order valence-corrected chi connectivity index (χ0v) is 28.7. The second kappa shape index (κ2) is 12.0. The van der Waals surface area contributed by atoms with E-state index in [9.17, 15) is 0 Å². The lowest BCUT2D eigenvalue weighted by Gasteiger charge is -2.42. The standard InChI is InChI=1S/C48H35OP/c1-34-33-43(35-29-31-40(32-30-35)50(49,38-21-10-4-11-22-38)39-23-12-5-13-24-39)41-26-16-28-45-47(41)46(34)42-25-14-15-27-44(42)48(45,36-17-6-2-7-18-36)37-19-8-3-9-20-37/h2-33H,1H3. The van der Waals surface area contributed by atoms with E-state index in [1.807, 2.05) is 60.7 Å². The molecule has 0 N–H and O–H groups in total. The molecule has 1 aliphatic rings. The van der Waals surface area contributed by atoms with Gasteiger partial charge >= 0.3 is 0 Å². The monoisotopic (exact) mass is 658 g/mol. The molecule has 50 heavy (non-hydrogen) atoms. The van der Waals surface area contributed by atoms with Crippen molar-refractivity contribution in [1.29, 1.82) is 0 Å². The van der Waals surface area contributed by atoms with Crippen LogP contribution >= 0.6 is 7.14 Å². The van der Waals surface area contributed by atoms with Gasteiger partial charge in [0, 0.05) is 15.9 Å². The van der Waals surface area contributed by atoms with Gasteiger partial charge in [0.2, 0.25) is 0 Å². The van der Waals surface area contributed by atoms with Crippen LogP contribution in [-0.2, 0) is 9.98 Å². The van der Waals surface area contributed by atoms with Crippen LogP contribution in [0, 0.1) is 6.92 Å². The van der Waals surface area contributed by atoms with Gasteiger partial charge in [0.05, 0.1) is 5.41 Å². The molecule has 0 fully saturated rings. The first-order valence-corrected chi connectivity index (χ1v) is 18.9. The molecular weight excluding hydrogens is 624 g/mol. The average Bonchev–Trinajstić information content (AvgIpc) is 3.20. The van der Waals surface area contributed by atoms with Crippen LogP contribution in [0.25, 0.3) is 33.0 Å². The predicted octanol–water partition coefficient (Wildman–Crippen LogP) is 10.8. The zero-order valence-electron chi connectivity index (χ0n) is 27.8. The van der Waals surface area contributed by atoms with Gasteiger partial charge in [-0.2, -0.15) is 0 Å². The largest absolute Gasteiger partial charge is 0.309 e. The van der Waals surface area contributed by atoms with Crippen LogP contribution in [0.1, 0.15) is 27.8 Å². The molecule has 9 rings (SSSR count). The molecule has 2 heteroatoms. The Kier molecular flexibility index (Phi) is 7.27. The molecule has 0 bridgehead atoms. The number of hydrogen-bond acceptors (Lipinski definition) is 1. The molecule has 0 saturated heterocycles. The third-order valence-corrected chi connectivity index (χ3v) is 13.6. The molecule has 0 radical (unpaired) electrons. The molecule has 0 unspecified atom stereocenters. The second-order valence-electron chi connectivity index (χ2n) is 13.2. The van der Waals surface area contributed by atoms with Crippen LogP contribution in [-0.4, -0.2) is 0 Å². The van der Waals surface area contributed by atoms with Gasteiger partial charge in [-0.1, -0.05) is 194 Å². The van der Waals surface area contributed by atoms with Gasteiger partial charge in [0.15, 0.2) is 7.14 Å². The number of aryl methyl sites for hydroxylation is 1. The third kappa shape index (κ3) is 4.44. The molecular formula is C48H35OP. The van der Waals surface area contributed by atoms with Gasteiger partial charge in [-0.05, 0) is 67.8 Å². The van der Waals surface area contributed by atoms with Gasteiger partial charge in [0.25, 0.3) is 0 Å². The van der Waals surface area contributed by atoms with E-state index >= 15 is 4.57 Å². The van der Waals surface area contributed by atoms with Crippen LogP contribution in [0.2, 0.25) is 0 Å². The van der Waals surface area contributed by atoms with Gasteiger partial charge in [0.1, 0.15) is 0 Å². The molecule has 0 spiro atoms. The summed E-state index contributed by atoms with van der Waals surface area (Å²) in [6.45, 7) is 2.25. The van der Waals surface area contributed by atoms with E-state index < -0.39 is 12.6 Å². The fraction of sp³-hybridized carbons (Fsp3) is 0.0417. The Morgan fingerprint density at radius 2 is 0.920 bits per heavy atom. The van der Waals surface area contributed by atoms with E-state index in [0.717, 1.165) is 21.5 Å². The molecule has 1 nitrogen and oxygen atoms in total. The average molecular weight is 659 g/mol. The van der Waals surface area contributed by atoms with Crippen molar-refractivity contribution in [2.24, 2.45) is 0 Å². The summed E-state index contributed by atoms with van der Waals surface area (Å²) in [4.78, 5) is 0. The highest BCUT2D eigenvalue weighted by atomic mass is 31.2. The summed E-state index contributed by atoms with van der Waals surface area (Å²) in [5, 5.41) is 5.02. The minimum atomic E-state index is -3.08. The molecule has 1 aliphatic carbocycles. The van der Waals surface area contributed by atoms with Crippen molar-refractivity contribution in [3.05, 3.63) is 222 Å². The molecule has 0 heterocycles. The van der Waals surface area contributed by atoms with Crippen LogP contribution in [0.3, 0.4) is 0 Å². The predicted molar refractivity (Wildman–Crippen MR) is 211 cm³/mol. The van der Waals surface area contributed by atoms with Crippen molar-refractivity contribution < 1.29 is 4.57 Å². The summed E-state index contributed by atoms with van der Waals surface area (Å²) >= 11 is 0. The Balaban J connectivity index is 1.30. The van der Waals surface area contributed by atoms with Crippen molar-refractivity contribution in [2.75, 3.05) is 0 Å². The fourth-order valence-electron chi connectivity index (χ4n) is 8.42. The van der Waals surface area contributed by atoms with E-state index in [-0.39, 0.29) is 0 Å². The molecule has 8 aromatic carbocycles. The van der Waals surface area contributed by atoms with E-state index in [1.54, 1.807) is 0 Å². The maximum Gasteiger partial charge on any atom is 0.171 e. The minimum Gasteiger partial charge on any atom is -0.309 e. The van der Waals surface area contributed by atoms with Gasteiger partial charge in [-0.3, -0.25) is 0 Å². The molecule has 0 amide bonds. The summed E-state index contributed by atoms with van der Waals surface area (Å²) in [5.74, 6) is 0. The summed E-state index contributed by atoms with van der Waals surface area (Å²) in [7, 11) is -3.08. The lowest BCUT2D eigenvalue weighted by Crippen LogP contribution is -2.34. The van der Waals surface area contributed by atoms with E-state index in [2.05, 4.69) is 140 Å². The normalized spacial score (nSPS) is 13.1. The van der Waals surface area contributed by atoms with Crippen molar-refractivity contribution in [3.63, 3.8) is 0 Å². The topological polar surface area (TPSA) is 17.1 Å². The molecule has 0 saturated carbocycles. The van der Waals surface area contributed by atoms with Crippen LogP contribution in [0.5, 0.6) is 0 Å². The summed E-state index contributed by atoms with van der Waals surface area (Å²) < 4.78 is 15.1. The van der Waals surface area contributed by atoms with Crippen molar-refractivity contribution in [1.82, 2.24) is 0 Å². The Bertz CT molecular complexity index is 2460. The number of benzene rings is 8. The highest BCUT2D eigenvalue weighted by molar-refractivity contribution is 7.85. The number of hydrogen-bond donors (Lipinski definition) is 0. The molecule has 8 aromatic rings. The molecule has 0 atom stereocenters. The fourth-order valence-corrected chi connectivity index (χ4v) is 11.1.